The summed E-state index contributed by atoms with van der Waals surface area (Å²) in [5.41, 5.74) is 1.35. The number of aryl methyl sites for hydroxylation is 1. The first-order valence-electron chi connectivity index (χ1n) is 10.7. The van der Waals surface area contributed by atoms with Gasteiger partial charge in [0.05, 0.1) is 4.88 Å². The van der Waals surface area contributed by atoms with Gasteiger partial charge in [-0.1, -0.05) is 41.6 Å². The molecule has 1 aliphatic heterocycles. The van der Waals surface area contributed by atoms with Crippen LogP contribution in [0.1, 0.15) is 37.1 Å². The van der Waals surface area contributed by atoms with Crippen LogP contribution in [0, 0.1) is 5.92 Å². The summed E-state index contributed by atoms with van der Waals surface area (Å²) >= 11 is 1.59. The second kappa shape index (κ2) is 10.5. The molecule has 6 nitrogen and oxygen atoms in total. The lowest BCUT2D eigenvalue weighted by atomic mass is 9.97. The molecule has 0 bridgehead atoms. The number of rotatable bonds is 9. The predicted molar refractivity (Wildman–Crippen MR) is 118 cm³/mol. The van der Waals surface area contributed by atoms with E-state index in [1.54, 1.807) is 11.3 Å². The number of nitrogens with one attached hydrogen (secondary N) is 1. The van der Waals surface area contributed by atoms with Gasteiger partial charge in [-0.25, -0.2) is 0 Å². The lowest BCUT2D eigenvalue weighted by molar-refractivity contribution is -0.121. The van der Waals surface area contributed by atoms with Crippen LogP contribution in [0.5, 0.6) is 0 Å². The summed E-state index contributed by atoms with van der Waals surface area (Å²) in [6.07, 6.45) is 4.19. The summed E-state index contributed by atoms with van der Waals surface area (Å²) in [7, 11) is 0. The van der Waals surface area contributed by atoms with E-state index >= 15 is 0 Å². The number of piperidine rings is 1. The number of carbonyl (C=O) groups excluding carboxylic acids is 1. The molecule has 1 unspecified atom stereocenters. The minimum atomic E-state index is 0.105. The summed E-state index contributed by atoms with van der Waals surface area (Å²) < 4.78 is 5.29. The van der Waals surface area contributed by atoms with Crippen molar-refractivity contribution >= 4 is 17.2 Å². The van der Waals surface area contributed by atoms with Crippen molar-refractivity contribution in [2.75, 3.05) is 19.6 Å². The highest BCUT2D eigenvalue weighted by molar-refractivity contribution is 7.13. The van der Waals surface area contributed by atoms with E-state index in [9.17, 15) is 4.79 Å². The number of amides is 1. The smallest absolute Gasteiger partial charge is 0.226 e. The zero-order valence-electron chi connectivity index (χ0n) is 17.1. The maximum atomic E-state index is 12.3. The first kappa shape index (κ1) is 20.8. The fourth-order valence-electron chi connectivity index (χ4n) is 3.91. The Morgan fingerprint density at radius 2 is 2.13 bits per heavy atom. The average Bonchev–Trinajstić information content (AvgIpc) is 3.45. The Labute approximate surface area is 181 Å². The van der Waals surface area contributed by atoms with E-state index in [0.717, 1.165) is 31.1 Å². The van der Waals surface area contributed by atoms with E-state index < -0.39 is 0 Å². The summed E-state index contributed by atoms with van der Waals surface area (Å²) in [4.78, 5) is 20.2. The third kappa shape index (κ3) is 6.00. The third-order valence-corrected chi connectivity index (χ3v) is 6.31. The lowest BCUT2D eigenvalue weighted by Crippen LogP contribution is -2.40. The molecule has 30 heavy (non-hydrogen) atoms. The Morgan fingerprint density at radius 1 is 1.23 bits per heavy atom. The van der Waals surface area contributed by atoms with Crippen LogP contribution < -0.4 is 5.32 Å². The van der Waals surface area contributed by atoms with Gasteiger partial charge in [-0.2, -0.15) is 4.98 Å². The van der Waals surface area contributed by atoms with Crippen LogP contribution in [-0.2, 0) is 17.8 Å². The number of benzene rings is 1. The van der Waals surface area contributed by atoms with Crippen LogP contribution in [0.2, 0.25) is 0 Å². The lowest BCUT2D eigenvalue weighted by Gasteiger charge is -2.32. The number of thiophene rings is 1. The third-order valence-electron chi connectivity index (χ3n) is 5.44. The molecule has 158 valence electrons. The largest absolute Gasteiger partial charge is 0.356 e. The molecular formula is C23H28N4O2S. The second-order valence-corrected chi connectivity index (χ2v) is 8.82. The van der Waals surface area contributed by atoms with Crippen molar-refractivity contribution in [1.29, 1.82) is 0 Å². The normalized spacial score (nSPS) is 17.1. The molecule has 1 N–H and O–H groups in total. The maximum absolute atomic E-state index is 12.3. The van der Waals surface area contributed by atoms with Crippen LogP contribution in [0.15, 0.2) is 52.4 Å². The van der Waals surface area contributed by atoms with Gasteiger partial charge in [-0.15, -0.1) is 11.3 Å². The van der Waals surface area contributed by atoms with Crippen molar-refractivity contribution in [3.63, 3.8) is 0 Å². The SMILES string of the molecule is O=C(CCCc1nc(-c2cccs2)no1)NCC1CCCN(Cc2ccccc2)C1. The van der Waals surface area contributed by atoms with Crippen molar-refractivity contribution in [3.05, 3.63) is 59.3 Å². The molecule has 0 aliphatic carbocycles. The van der Waals surface area contributed by atoms with Crippen LogP contribution in [-0.4, -0.2) is 40.6 Å². The Morgan fingerprint density at radius 3 is 2.97 bits per heavy atom. The molecule has 3 aromatic rings. The van der Waals surface area contributed by atoms with Crippen molar-refractivity contribution in [2.24, 2.45) is 5.92 Å². The summed E-state index contributed by atoms with van der Waals surface area (Å²) in [5, 5.41) is 9.12. The topological polar surface area (TPSA) is 71.3 Å². The van der Waals surface area contributed by atoms with Gasteiger partial charge in [0.2, 0.25) is 17.6 Å². The average molecular weight is 425 g/mol. The van der Waals surface area contributed by atoms with Gasteiger partial charge < -0.3 is 9.84 Å². The highest BCUT2D eigenvalue weighted by Crippen LogP contribution is 2.22. The molecule has 2 aromatic heterocycles. The highest BCUT2D eigenvalue weighted by Gasteiger charge is 2.20. The molecular weight excluding hydrogens is 396 g/mol. The molecule has 1 amide bonds. The van der Waals surface area contributed by atoms with Crippen LogP contribution in [0.3, 0.4) is 0 Å². The molecule has 1 aliphatic rings. The number of hydrogen-bond donors (Lipinski definition) is 1. The van der Waals surface area contributed by atoms with Crippen LogP contribution >= 0.6 is 11.3 Å². The number of aromatic nitrogens is 2. The quantitative estimate of drug-likeness (QED) is 0.559. The van der Waals surface area contributed by atoms with Crippen molar-refractivity contribution in [3.8, 4) is 10.7 Å². The van der Waals surface area contributed by atoms with E-state index in [1.807, 2.05) is 17.5 Å². The van der Waals surface area contributed by atoms with Gasteiger partial charge in [0.25, 0.3) is 0 Å². The monoisotopic (exact) mass is 424 g/mol. The zero-order chi connectivity index (χ0) is 20.6. The Kier molecular flexibility index (Phi) is 7.26. The molecule has 0 saturated carbocycles. The zero-order valence-corrected chi connectivity index (χ0v) is 17.9. The molecule has 1 saturated heterocycles. The van der Waals surface area contributed by atoms with Crippen molar-refractivity contribution in [2.45, 2.75) is 38.6 Å². The molecule has 1 aromatic carbocycles. The second-order valence-electron chi connectivity index (χ2n) is 7.88. The molecule has 1 fully saturated rings. The molecule has 0 spiro atoms. The number of hydrogen-bond acceptors (Lipinski definition) is 6. The molecule has 4 rings (SSSR count). The first-order chi connectivity index (χ1) is 14.8. The van der Waals surface area contributed by atoms with Gasteiger partial charge >= 0.3 is 0 Å². The molecule has 1 atom stereocenters. The number of nitrogens with zero attached hydrogens (tertiary/aromatic N) is 3. The molecule has 3 heterocycles. The van der Waals surface area contributed by atoms with E-state index in [0.29, 0.717) is 36.9 Å². The summed E-state index contributed by atoms with van der Waals surface area (Å²) in [5.74, 6) is 1.85. The van der Waals surface area contributed by atoms with E-state index in [1.165, 1.54) is 18.4 Å². The van der Waals surface area contributed by atoms with Gasteiger partial charge in [0.15, 0.2) is 0 Å². The minimum absolute atomic E-state index is 0.105. The fraction of sp³-hybridized carbons (Fsp3) is 0.435. The minimum Gasteiger partial charge on any atom is -0.356 e. The van der Waals surface area contributed by atoms with E-state index in [4.69, 9.17) is 4.52 Å². The first-order valence-corrected chi connectivity index (χ1v) is 11.5. The fourth-order valence-corrected chi connectivity index (χ4v) is 4.56. The number of carbonyl (C=O) groups is 1. The van der Waals surface area contributed by atoms with Gasteiger partial charge in [0, 0.05) is 32.5 Å². The summed E-state index contributed by atoms with van der Waals surface area (Å²) in [6.45, 7) is 3.93. The van der Waals surface area contributed by atoms with Gasteiger partial charge in [-0.05, 0) is 48.7 Å². The molecule has 0 radical (unpaired) electrons. The van der Waals surface area contributed by atoms with Gasteiger partial charge in [-0.3, -0.25) is 9.69 Å². The van der Waals surface area contributed by atoms with Crippen LogP contribution in [0.4, 0.5) is 0 Å². The Bertz CT molecular complexity index is 910. The van der Waals surface area contributed by atoms with E-state index in [2.05, 4.69) is 50.7 Å². The Hall–Kier alpha value is -2.51. The maximum Gasteiger partial charge on any atom is 0.226 e. The predicted octanol–water partition coefficient (Wildman–Crippen LogP) is 4.15. The van der Waals surface area contributed by atoms with Crippen molar-refractivity contribution in [1.82, 2.24) is 20.4 Å². The van der Waals surface area contributed by atoms with Crippen LogP contribution in [0.25, 0.3) is 10.7 Å². The van der Waals surface area contributed by atoms with E-state index in [-0.39, 0.29) is 5.91 Å². The Balaban J connectivity index is 1.14. The number of likely N-dealkylation sites (tertiary alicyclic amines) is 1. The molecule has 7 heteroatoms. The van der Waals surface area contributed by atoms with Gasteiger partial charge in [0.1, 0.15) is 0 Å². The highest BCUT2D eigenvalue weighted by atomic mass is 32.1. The summed E-state index contributed by atoms with van der Waals surface area (Å²) in [6, 6.07) is 14.5. The standard InChI is InChI=1S/C23H28N4O2S/c28-21(11-4-12-22-25-23(26-29-22)20-10-6-14-30-20)24-15-19-9-5-13-27(17-19)16-18-7-2-1-3-8-18/h1-3,6-8,10,14,19H,4-5,9,11-13,15-17H2,(H,24,28). The van der Waals surface area contributed by atoms with Crippen molar-refractivity contribution < 1.29 is 9.32 Å².